The van der Waals surface area contributed by atoms with E-state index in [9.17, 15) is 22.4 Å². The van der Waals surface area contributed by atoms with Crippen LogP contribution in [0.3, 0.4) is 0 Å². The van der Waals surface area contributed by atoms with E-state index in [1.807, 2.05) is 0 Å². The summed E-state index contributed by atoms with van der Waals surface area (Å²) in [6.45, 7) is 1.66. The van der Waals surface area contributed by atoms with Gasteiger partial charge in [-0.3, -0.25) is 9.59 Å². The number of benzene rings is 1. The maximum atomic E-state index is 13.8. The third kappa shape index (κ3) is 4.23. The Hall–Kier alpha value is -2.17. The zero-order valence-electron chi connectivity index (χ0n) is 14.5. The minimum atomic E-state index is -3.93. The lowest BCUT2D eigenvalue weighted by molar-refractivity contribution is -0.120. The fourth-order valence-corrected chi connectivity index (χ4v) is 5.14. The molecule has 27 heavy (non-hydrogen) atoms. The average molecular weight is 411 g/mol. The molecule has 0 unspecified atom stereocenters. The first-order valence-corrected chi connectivity index (χ1v) is 10.6. The van der Waals surface area contributed by atoms with Crippen molar-refractivity contribution in [2.75, 3.05) is 18.4 Å². The van der Waals surface area contributed by atoms with Crippen molar-refractivity contribution in [1.82, 2.24) is 9.29 Å². The number of ketones is 1. The molecule has 1 aromatic heterocycles. The molecule has 0 atom stereocenters. The molecule has 1 saturated heterocycles. The van der Waals surface area contributed by atoms with Crippen LogP contribution < -0.4 is 5.32 Å². The van der Waals surface area contributed by atoms with Crippen LogP contribution in [0.5, 0.6) is 0 Å². The topological polar surface area (TPSA) is 96.4 Å². The van der Waals surface area contributed by atoms with Gasteiger partial charge in [-0.25, -0.2) is 17.8 Å². The molecule has 2 heterocycles. The van der Waals surface area contributed by atoms with Crippen LogP contribution in [0.15, 0.2) is 34.5 Å². The fraction of sp³-hybridized carbons (Fsp3) is 0.353. The number of carbonyl (C=O) groups is 2. The van der Waals surface area contributed by atoms with Crippen LogP contribution in [0, 0.1) is 11.7 Å². The van der Waals surface area contributed by atoms with Gasteiger partial charge in [-0.15, -0.1) is 11.3 Å². The number of sulfonamides is 1. The van der Waals surface area contributed by atoms with Crippen LogP contribution in [0.2, 0.25) is 0 Å². The molecular formula is C17H18FN3O4S2. The van der Waals surface area contributed by atoms with E-state index in [1.165, 1.54) is 29.4 Å². The van der Waals surface area contributed by atoms with Crippen LogP contribution in [-0.4, -0.2) is 42.5 Å². The van der Waals surface area contributed by atoms with Gasteiger partial charge in [0.2, 0.25) is 15.9 Å². The van der Waals surface area contributed by atoms with Crippen molar-refractivity contribution in [1.29, 1.82) is 0 Å². The summed E-state index contributed by atoms with van der Waals surface area (Å²) >= 11 is 1.16. The molecule has 1 aliphatic heterocycles. The van der Waals surface area contributed by atoms with Gasteiger partial charge in [0.1, 0.15) is 16.4 Å². The normalized spacial score (nSPS) is 16.2. The minimum absolute atomic E-state index is 0.130. The van der Waals surface area contributed by atoms with Crippen molar-refractivity contribution < 1.29 is 22.4 Å². The zero-order valence-corrected chi connectivity index (χ0v) is 16.1. The number of rotatable bonds is 5. The number of thiazole rings is 1. The SMILES string of the molecule is CC(=O)c1csc(NC(=O)C2CCN(S(=O)(=O)c3ccccc3F)CC2)n1. The third-order valence-electron chi connectivity index (χ3n) is 4.37. The van der Waals surface area contributed by atoms with E-state index in [2.05, 4.69) is 10.3 Å². The molecule has 144 valence electrons. The number of hydrogen-bond acceptors (Lipinski definition) is 6. The van der Waals surface area contributed by atoms with Crippen LogP contribution in [0.4, 0.5) is 9.52 Å². The molecule has 1 N–H and O–H groups in total. The van der Waals surface area contributed by atoms with Gasteiger partial charge in [0, 0.05) is 31.3 Å². The summed E-state index contributed by atoms with van der Waals surface area (Å²) in [5.41, 5.74) is 0.293. The van der Waals surface area contributed by atoms with E-state index < -0.39 is 15.8 Å². The van der Waals surface area contributed by atoms with Crippen LogP contribution in [-0.2, 0) is 14.8 Å². The van der Waals surface area contributed by atoms with Gasteiger partial charge in [-0.1, -0.05) is 12.1 Å². The first-order chi connectivity index (χ1) is 12.8. The van der Waals surface area contributed by atoms with Gasteiger partial charge in [0.15, 0.2) is 10.9 Å². The number of nitrogens with one attached hydrogen (secondary N) is 1. The molecule has 2 aromatic rings. The van der Waals surface area contributed by atoms with Gasteiger partial charge in [0.05, 0.1) is 0 Å². The smallest absolute Gasteiger partial charge is 0.245 e. The number of aromatic nitrogens is 1. The number of carbonyl (C=O) groups excluding carboxylic acids is 2. The zero-order chi connectivity index (χ0) is 19.6. The summed E-state index contributed by atoms with van der Waals surface area (Å²) < 4.78 is 40.2. The fourth-order valence-electron chi connectivity index (χ4n) is 2.85. The first-order valence-electron chi connectivity index (χ1n) is 8.31. The molecule has 3 rings (SSSR count). The van der Waals surface area contributed by atoms with Crippen molar-refractivity contribution in [2.24, 2.45) is 5.92 Å². The minimum Gasteiger partial charge on any atom is -0.302 e. The molecular weight excluding hydrogens is 393 g/mol. The van der Waals surface area contributed by atoms with Crippen LogP contribution in [0.1, 0.15) is 30.3 Å². The number of anilines is 1. The Morgan fingerprint density at radius 2 is 1.93 bits per heavy atom. The van der Waals surface area contributed by atoms with Crippen LogP contribution >= 0.6 is 11.3 Å². The summed E-state index contributed by atoms with van der Waals surface area (Å²) in [6.07, 6.45) is 0.648. The highest BCUT2D eigenvalue weighted by atomic mass is 32.2. The molecule has 0 radical (unpaired) electrons. The Morgan fingerprint density at radius 1 is 1.26 bits per heavy atom. The van der Waals surface area contributed by atoms with Gasteiger partial charge in [-0.2, -0.15) is 4.31 Å². The molecule has 1 amide bonds. The van der Waals surface area contributed by atoms with Crippen molar-refractivity contribution in [3.8, 4) is 0 Å². The van der Waals surface area contributed by atoms with Crippen molar-refractivity contribution >= 4 is 38.2 Å². The lowest BCUT2D eigenvalue weighted by atomic mass is 9.97. The summed E-state index contributed by atoms with van der Waals surface area (Å²) in [7, 11) is -3.93. The molecule has 1 fully saturated rings. The highest BCUT2D eigenvalue weighted by Gasteiger charge is 2.33. The van der Waals surface area contributed by atoms with Crippen LogP contribution in [0.25, 0.3) is 0 Å². The lowest BCUT2D eigenvalue weighted by Crippen LogP contribution is -2.41. The quantitative estimate of drug-likeness (QED) is 0.763. The Labute approximate surface area is 160 Å². The summed E-state index contributed by atoms with van der Waals surface area (Å²) in [6, 6.07) is 5.25. The standard InChI is InChI=1S/C17H18FN3O4S2/c1-11(22)14-10-26-17(19-14)20-16(23)12-6-8-21(9-7-12)27(24,25)15-5-3-2-4-13(15)18/h2-5,10,12H,6-9H2,1H3,(H,19,20,23). The Kier molecular flexibility index (Phi) is 5.68. The highest BCUT2D eigenvalue weighted by molar-refractivity contribution is 7.89. The molecule has 7 nitrogen and oxygen atoms in total. The van der Waals surface area contributed by atoms with E-state index >= 15 is 0 Å². The second-order valence-corrected chi connectivity index (χ2v) is 8.96. The second-order valence-electron chi connectivity index (χ2n) is 6.19. The van der Waals surface area contributed by atoms with Gasteiger partial charge >= 0.3 is 0 Å². The predicted octanol–water partition coefficient (Wildman–Crippen LogP) is 2.52. The average Bonchev–Trinajstić information content (AvgIpc) is 3.11. The molecule has 0 spiro atoms. The van der Waals surface area contributed by atoms with E-state index in [0.29, 0.717) is 23.7 Å². The maximum absolute atomic E-state index is 13.8. The third-order valence-corrected chi connectivity index (χ3v) is 7.06. The number of hydrogen-bond donors (Lipinski definition) is 1. The number of amides is 1. The van der Waals surface area contributed by atoms with E-state index in [1.54, 1.807) is 5.38 Å². The number of piperidine rings is 1. The van der Waals surface area contributed by atoms with Crippen molar-refractivity contribution in [3.05, 3.63) is 41.2 Å². The Bertz CT molecular complexity index is 966. The molecule has 0 bridgehead atoms. The molecule has 0 saturated carbocycles. The van der Waals surface area contributed by atoms with E-state index in [-0.39, 0.29) is 35.6 Å². The summed E-state index contributed by atoms with van der Waals surface area (Å²) in [5.74, 6) is -1.61. The first kappa shape index (κ1) is 19.6. The Morgan fingerprint density at radius 3 is 2.52 bits per heavy atom. The maximum Gasteiger partial charge on any atom is 0.245 e. The van der Waals surface area contributed by atoms with Gasteiger partial charge in [0.25, 0.3) is 0 Å². The number of halogens is 1. The predicted molar refractivity (Wildman–Crippen MR) is 98.6 cm³/mol. The molecule has 1 aliphatic rings. The van der Waals surface area contributed by atoms with E-state index in [4.69, 9.17) is 0 Å². The van der Waals surface area contributed by atoms with Gasteiger partial charge < -0.3 is 5.32 Å². The largest absolute Gasteiger partial charge is 0.302 e. The second kappa shape index (κ2) is 7.83. The summed E-state index contributed by atoms with van der Waals surface area (Å²) in [5, 5.41) is 4.58. The van der Waals surface area contributed by atoms with Crippen molar-refractivity contribution in [2.45, 2.75) is 24.7 Å². The molecule has 0 aliphatic carbocycles. The molecule has 1 aromatic carbocycles. The Balaban J connectivity index is 1.62. The highest BCUT2D eigenvalue weighted by Crippen LogP contribution is 2.26. The van der Waals surface area contributed by atoms with Gasteiger partial charge in [-0.05, 0) is 25.0 Å². The number of Topliss-reactive ketones (excluding diaryl/α,β-unsaturated/α-hetero) is 1. The van der Waals surface area contributed by atoms with E-state index in [0.717, 1.165) is 17.4 Å². The summed E-state index contributed by atoms with van der Waals surface area (Å²) in [4.78, 5) is 27.3. The monoisotopic (exact) mass is 411 g/mol. The van der Waals surface area contributed by atoms with Crippen molar-refractivity contribution in [3.63, 3.8) is 0 Å². The molecule has 10 heteroatoms. The lowest BCUT2D eigenvalue weighted by Gasteiger charge is -2.30. The number of nitrogens with zero attached hydrogens (tertiary/aromatic N) is 2.